The molecular weight excluding hydrogens is 302 g/mol. The summed E-state index contributed by atoms with van der Waals surface area (Å²) in [6.07, 6.45) is 6.36. The molecule has 4 aromatic heterocycles. The van der Waals surface area contributed by atoms with E-state index >= 15 is 0 Å². The minimum atomic E-state index is -0.0969. The Kier molecular flexibility index (Phi) is 2.67. The molecule has 5 aromatic rings. The summed E-state index contributed by atoms with van der Waals surface area (Å²) in [5, 5.41) is 2.17. The van der Waals surface area contributed by atoms with E-state index in [-0.39, 0.29) is 5.69 Å². The van der Waals surface area contributed by atoms with E-state index in [1.54, 1.807) is 10.8 Å². The average Bonchev–Trinajstić information content (AvgIpc) is 3.29. The molecule has 0 aliphatic rings. The number of hydrogen-bond donors (Lipinski definition) is 3. The van der Waals surface area contributed by atoms with Crippen LogP contribution in [0.5, 0.6) is 0 Å². The highest BCUT2D eigenvalue weighted by Gasteiger charge is 2.12. The summed E-state index contributed by atoms with van der Waals surface area (Å²) in [6, 6.07) is 10.2. The van der Waals surface area contributed by atoms with Crippen molar-refractivity contribution in [1.29, 1.82) is 0 Å². The van der Waals surface area contributed by atoms with Gasteiger partial charge in [0.15, 0.2) is 0 Å². The van der Waals surface area contributed by atoms with E-state index in [2.05, 4.69) is 32.1 Å². The van der Waals surface area contributed by atoms with Crippen molar-refractivity contribution in [1.82, 2.24) is 24.5 Å². The molecule has 0 unspecified atom stereocenters. The zero-order valence-electron chi connectivity index (χ0n) is 12.8. The Balaban J connectivity index is 1.60. The van der Waals surface area contributed by atoms with E-state index in [9.17, 15) is 4.79 Å². The maximum absolute atomic E-state index is 12.4. The number of para-hydroxylation sites is 1. The highest BCUT2D eigenvalue weighted by molar-refractivity contribution is 6.00. The molecule has 118 valence electrons. The predicted molar refractivity (Wildman–Crippen MR) is 94.2 cm³/mol. The number of nitrogens with zero attached hydrogens (tertiary/aromatic N) is 2. The summed E-state index contributed by atoms with van der Waals surface area (Å²) < 4.78 is 1.80. The number of fused-ring (bicyclic) bond motifs is 4. The molecule has 24 heavy (non-hydrogen) atoms. The van der Waals surface area contributed by atoms with Gasteiger partial charge in [-0.05, 0) is 24.1 Å². The Morgan fingerprint density at radius 2 is 1.96 bits per heavy atom. The first kappa shape index (κ1) is 13.2. The van der Waals surface area contributed by atoms with Crippen molar-refractivity contribution in [2.75, 3.05) is 0 Å². The van der Waals surface area contributed by atoms with Crippen molar-refractivity contribution in [3.05, 3.63) is 65.0 Å². The van der Waals surface area contributed by atoms with Crippen molar-refractivity contribution in [2.24, 2.45) is 0 Å². The van der Waals surface area contributed by atoms with Gasteiger partial charge in [0, 0.05) is 35.2 Å². The van der Waals surface area contributed by atoms with Gasteiger partial charge in [-0.25, -0.2) is 9.78 Å². The van der Waals surface area contributed by atoms with Crippen molar-refractivity contribution < 1.29 is 0 Å². The molecule has 5 rings (SSSR count). The number of benzene rings is 1. The van der Waals surface area contributed by atoms with Gasteiger partial charge >= 0.3 is 5.69 Å². The molecule has 3 N–H and O–H groups in total. The molecule has 4 heterocycles. The molecule has 1 aromatic carbocycles. The first-order valence-corrected chi connectivity index (χ1v) is 7.91. The average molecular weight is 317 g/mol. The third kappa shape index (κ3) is 1.83. The lowest BCUT2D eigenvalue weighted by atomic mass is 10.1. The van der Waals surface area contributed by atoms with Crippen LogP contribution in [-0.4, -0.2) is 24.5 Å². The van der Waals surface area contributed by atoms with Crippen LogP contribution >= 0.6 is 0 Å². The fourth-order valence-corrected chi connectivity index (χ4v) is 3.44. The van der Waals surface area contributed by atoms with Gasteiger partial charge in [-0.15, -0.1) is 0 Å². The smallest absolute Gasteiger partial charge is 0.326 e. The number of hydrogen-bond acceptors (Lipinski definition) is 2. The first-order valence-electron chi connectivity index (χ1n) is 7.91. The number of nitrogens with one attached hydrogen (secondary N) is 3. The van der Waals surface area contributed by atoms with Gasteiger partial charge in [-0.1, -0.05) is 18.2 Å². The summed E-state index contributed by atoms with van der Waals surface area (Å²) in [6.45, 7) is 0.616. The predicted octanol–water partition coefficient (Wildman–Crippen LogP) is 2.93. The van der Waals surface area contributed by atoms with E-state index in [0.29, 0.717) is 6.54 Å². The van der Waals surface area contributed by atoms with Gasteiger partial charge in [0.2, 0.25) is 0 Å². The third-order valence-electron chi connectivity index (χ3n) is 4.59. The van der Waals surface area contributed by atoms with Gasteiger partial charge in [0.1, 0.15) is 5.65 Å². The molecular formula is C18H15N5O. The third-order valence-corrected chi connectivity index (χ3v) is 4.59. The van der Waals surface area contributed by atoms with Crippen LogP contribution in [0.4, 0.5) is 0 Å². The largest absolute Gasteiger partial charge is 0.361 e. The molecule has 6 nitrogen and oxygen atoms in total. The maximum atomic E-state index is 12.4. The Labute approximate surface area is 136 Å². The Bertz CT molecular complexity index is 1240. The highest BCUT2D eigenvalue weighted by Crippen LogP contribution is 2.22. The second-order valence-electron chi connectivity index (χ2n) is 5.95. The normalized spacial score (nSPS) is 11.8. The monoisotopic (exact) mass is 317 g/mol. The Morgan fingerprint density at radius 1 is 1.04 bits per heavy atom. The Morgan fingerprint density at radius 3 is 2.92 bits per heavy atom. The van der Waals surface area contributed by atoms with Crippen LogP contribution in [0, 0.1) is 0 Å². The zero-order valence-corrected chi connectivity index (χ0v) is 12.8. The van der Waals surface area contributed by atoms with Gasteiger partial charge in [0.25, 0.3) is 0 Å². The van der Waals surface area contributed by atoms with E-state index in [1.807, 2.05) is 30.6 Å². The number of rotatable bonds is 3. The van der Waals surface area contributed by atoms with Gasteiger partial charge in [-0.2, -0.15) is 0 Å². The number of imidazole rings is 1. The molecule has 0 aliphatic heterocycles. The lowest BCUT2D eigenvalue weighted by Crippen LogP contribution is -2.17. The Hall–Kier alpha value is -3.28. The minimum Gasteiger partial charge on any atom is -0.361 e. The van der Waals surface area contributed by atoms with Crippen LogP contribution in [0.3, 0.4) is 0 Å². The van der Waals surface area contributed by atoms with Gasteiger partial charge in [0.05, 0.1) is 17.2 Å². The maximum Gasteiger partial charge on any atom is 0.326 e. The molecule has 0 spiro atoms. The second-order valence-corrected chi connectivity index (χ2v) is 5.95. The minimum absolute atomic E-state index is 0.0969. The second kappa shape index (κ2) is 4.86. The van der Waals surface area contributed by atoms with E-state index in [0.717, 1.165) is 34.0 Å². The molecule has 0 atom stereocenters. The fraction of sp³-hybridized carbons (Fsp3) is 0.111. The van der Waals surface area contributed by atoms with Crippen molar-refractivity contribution in [3.8, 4) is 0 Å². The van der Waals surface area contributed by atoms with Crippen molar-refractivity contribution >= 4 is 33.0 Å². The molecule has 0 aliphatic carbocycles. The topological polar surface area (TPSA) is 82.3 Å². The summed E-state index contributed by atoms with van der Waals surface area (Å²) >= 11 is 0. The summed E-state index contributed by atoms with van der Waals surface area (Å²) in [5.41, 5.74) is 4.71. The fourth-order valence-electron chi connectivity index (χ4n) is 3.44. The SMILES string of the molecule is O=c1[nH]c2cnc3[nH]ccc3c2n1CCc1c[nH]c2ccccc12. The zero-order chi connectivity index (χ0) is 16.1. The molecule has 0 amide bonds. The number of H-pyrrole nitrogens is 3. The summed E-state index contributed by atoms with van der Waals surface area (Å²) in [5.74, 6) is 0. The number of pyridine rings is 1. The van der Waals surface area contributed by atoms with E-state index in [1.165, 1.54) is 10.9 Å². The summed E-state index contributed by atoms with van der Waals surface area (Å²) in [7, 11) is 0. The number of aromatic amines is 3. The molecule has 0 radical (unpaired) electrons. The first-order chi connectivity index (χ1) is 11.8. The van der Waals surface area contributed by atoms with Crippen molar-refractivity contribution in [2.45, 2.75) is 13.0 Å². The standard InChI is InChI=1S/C18H15N5O/c24-18-22-15-10-21-17-13(5-7-19-17)16(15)23(18)8-6-11-9-20-14-4-2-1-3-12(11)14/h1-5,7,9-10,20H,6,8H2,(H,19,21)(H,22,24). The quantitative estimate of drug-likeness (QED) is 0.478. The van der Waals surface area contributed by atoms with E-state index < -0.39 is 0 Å². The molecule has 0 saturated heterocycles. The van der Waals surface area contributed by atoms with Crippen LogP contribution in [0.25, 0.3) is 33.0 Å². The van der Waals surface area contributed by atoms with Crippen LogP contribution in [0.2, 0.25) is 0 Å². The van der Waals surface area contributed by atoms with Crippen LogP contribution in [0.1, 0.15) is 5.56 Å². The van der Waals surface area contributed by atoms with Crippen LogP contribution in [-0.2, 0) is 13.0 Å². The summed E-state index contributed by atoms with van der Waals surface area (Å²) in [4.78, 5) is 26.0. The lowest BCUT2D eigenvalue weighted by Gasteiger charge is -2.04. The highest BCUT2D eigenvalue weighted by atomic mass is 16.1. The lowest BCUT2D eigenvalue weighted by molar-refractivity contribution is 0.695. The van der Waals surface area contributed by atoms with Gasteiger partial charge in [-0.3, -0.25) is 4.57 Å². The molecule has 6 heteroatoms. The molecule has 0 fully saturated rings. The van der Waals surface area contributed by atoms with Gasteiger partial charge < -0.3 is 15.0 Å². The van der Waals surface area contributed by atoms with Crippen molar-refractivity contribution in [3.63, 3.8) is 0 Å². The molecule has 0 saturated carbocycles. The molecule has 0 bridgehead atoms. The van der Waals surface area contributed by atoms with Crippen LogP contribution < -0.4 is 5.69 Å². The van der Waals surface area contributed by atoms with Crippen LogP contribution in [0.15, 0.2) is 53.7 Å². The number of aryl methyl sites for hydroxylation is 2. The number of aromatic nitrogens is 5. The van der Waals surface area contributed by atoms with E-state index in [4.69, 9.17) is 0 Å².